The van der Waals surface area contributed by atoms with Crippen LogP contribution in [0.5, 0.6) is 0 Å². The van der Waals surface area contributed by atoms with Crippen molar-refractivity contribution < 1.29 is 26.3 Å². The molecule has 1 rings (SSSR count). The fourth-order valence-electron chi connectivity index (χ4n) is 1.67. The van der Waals surface area contributed by atoms with E-state index in [0.29, 0.717) is 27.2 Å². The van der Waals surface area contributed by atoms with E-state index < -0.39 is 0 Å². The van der Waals surface area contributed by atoms with Gasteiger partial charge in [0.25, 0.3) is 0 Å². The number of halogens is 1. The molecule has 0 aromatic carbocycles. The van der Waals surface area contributed by atoms with E-state index in [0.717, 1.165) is 16.8 Å². The predicted molar refractivity (Wildman–Crippen MR) is 42.4 cm³/mol. The molecule has 3 heteroatoms. The molecule has 0 heterocycles. The summed E-state index contributed by atoms with van der Waals surface area (Å²) >= 11 is 0.347. The van der Waals surface area contributed by atoms with Crippen LogP contribution in [-0.2, 0) is 0 Å². The van der Waals surface area contributed by atoms with Crippen LogP contribution in [0.4, 0.5) is 0 Å². The summed E-state index contributed by atoms with van der Waals surface area (Å²) in [7, 11) is 2.01. The van der Waals surface area contributed by atoms with Crippen LogP contribution in [0.15, 0.2) is 0 Å². The van der Waals surface area contributed by atoms with Gasteiger partial charge in [0.05, 0.1) is 0 Å². The second kappa shape index (κ2) is 4.62. The molecule has 1 aliphatic rings. The number of alkyl halides is 2. The summed E-state index contributed by atoms with van der Waals surface area (Å²) in [6.07, 6.45) is 3.18. The van der Waals surface area contributed by atoms with Crippen LogP contribution >= 0.6 is 0 Å². The maximum absolute atomic E-state index is 9.40. The van der Waals surface area contributed by atoms with Crippen molar-refractivity contribution in [3.05, 3.63) is 0 Å². The molecule has 0 amide bonds. The van der Waals surface area contributed by atoms with Gasteiger partial charge in [0, 0.05) is 0 Å². The first-order chi connectivity index (χ1) is 5.27. The van der Waals surface area contributed by atoms with Gasteiger partial charge in [-0.1, -0.05) is 0 Å². The molecule has 0 aliphatic heterocycles. The molecule has 1 fully saturated rings. The molecule has 0 radical (unpaired) electrons. The Morgan fingerprint density at radius 1 is 1.45 bits per heavy atom. The summed E-state index contributed by atoms with van der Waals surface area (Å²) in [6, 6.07) is 0.594. The van der Waals surface area contributed by atoms with Crippen molar-refractivity contribution in [3.8, 4) is 0 Å². The third-order valence-corrected chi connectivity index (χ3v) is 5.48. The van der Waals surface area contributed by atoms with Crippen LogP contribution in [0.3, 0.4) is 0 Å². The Hall–Kier alpha value is 0.650. The van der Waals surface area contributed by atoms with Gasteiger partial charge in [-0.15, -0.1) is 0 Å². The fourth-order valence-corrected chi connectivity index (χ4v) is 4.17. The fraction of sp³-hybridized carbons (Fsp3) is 1.00. The van der Waals surface area contributed by atoms with Crippen molar-refractivity contribution in [2.45, 2.75) is 35.3 Å². The van der Waals surface area contributed by atoms with Crippen molar-refractivity contribution in [3.63, 3.8) is 0 Å². The van der Waals surface area contributed by atoms with Gasteiger partial charge in [-0.25, -0.2) is 0 Å². The first kappa shape index (κ1) is 9.74. The van der Waals surface area contributed by atoms with Crippen LogP contribution in [-0.4, -0.2) is 33.2 Å². The molecule has 1 saturated carbocycles. The number of hydrogen-bond donors (Lipinski definition) is 2. The quantitative estimate of drug-likeness (QED) is 0.420. The molecule has 2 N–H and O–H groups in total. The van der Waals surface area contributed by atoms with Crippen LogP contribution in [0.1, 0.15) is 19.3 Å². The zero-order chi connectivity index (χ0) is 8.27. The predicted octanol–water partition coefficient (Wildman–Crippen LogP) is -2.79. The van der Waals surface area contributed by atoms with E-state index in [1.54, 1.807) is 0 Å². The zero-order valence-electron chi connectivity index (χ0n) is 7.18. The van der Waals surface area contributed by atoms with E-state index in [4.69, 9.17) is 0 Å². The van der Waals surface area contributed by atoms with Crippen LogP contribution < -0.4 is 26.5 Å². The van der Waals surface area contributed by atoms with Crippen molar-refractivity contribution in [1.82, 2.24) is 5.32 Å². The number of nitrogens with one attached hydrogen (secondary N) is 1. The Morgan fingerprint density at radius 2 is 2.18 bits per heavy atom. The molecule has 0 saturated heterocycles. The molecule has 0 aromatic heterocycles. The van der Waals surface area contributed by atoms with E-state index >= 15 is 0 Å². The second-order valence-electron chi connectivity index (χ2n) is 3.10. The molecule has 3 atom stereocenters. The Bertz CT molecular complexity index is 121. The van der Waals surface area contributed by atoms with Gasteiger partial charge in [-0.05, 0) is 0 Å². The first-order valence-electron chi connectivity index (χ1n) is 4.11. The monoisotopic (exact) mass is 270 g/mol. The minimum absolute atomic E-state index is 0.0424. The Labute approximate surface area is 79.0 Å². The van der Waals surface area contributed by atoms with Crippen molar-refractivity contribution >= 4 is 0 Å². The summed E-state index contributed by atoms with van der Waals surface area (Å²) in [5.41, 5.74) is 0. The standard InChI is InChI=1S/C8H17INO/c1-9-7-4-3-6(11)5-8(7)10-2/h6-8,10-11H,3-5H2,1-2H3/q-1/t6-,7?,8+/m1/s1. The molecule has 0 aromatic rings. The SMILES string of the molecule is CN[C@H]1C[C@H](O)CCC1[I-]C. The normalized spacial score (nSPS) is 39.4. The van der Waals surface area contributed by atoms with E-state index in [1.165, 1.54) is 6.42 Å². The minimum atomic E-state index is -0.0424. The van der Waals surface area contributed by atoms with Gasteiger partial charge in [-0.3, -0.25) is 0 Å². The second-order valence-corrected chi connectivity index (χ2v) is 5.94. The van der Waals surface area contributed by atoms with Gasteiger partial charge in [0.1, 0.15) is 0 Å². The molecule has 1 aliphatic carbocycles. The van der Waals surface area contributed by atoms with E-state index in [2.05, 4.69) is 10.2 Å². The van der Waals surface area contributed by atoms with Crippen molar-refractivity contribution in [1.29, 1.82) is 0 Å². The third kappa shape index (κ3) is 2.56. The molecule has 0 spiro atoms. The van der Waals surface area contributed by atoms with Crippen LogP contribution in [0.25, 0.3) is 0 Å². The third-order valence-electron chi connectivity index (χ3n) is 2.39. The van der Waals surface area contributed by atoms with Crippen molar-refractivity contribution in [2.24, 2.45) is 0 Å². The van der Waals surface area contributed by atoms with Gasteiger partial charge >= 0.3 is 78.9 Å². The summed E-state index contributed by atoms with van der Waals surface area (Å²) in [6.45, 7) is 0. The topological polar surface area (TPSA) is 32.3 Å². The van der Waals surface area contributed by atoms with Crippen molar-refractivity contribution in [2.75, 3.05) is 12.0 Å². The summed E-state index contributed by atoms with van der Waals surface area (Å²) in [5.74, 6) is 0. The zero-order valence-corrected chi connectivity index (χ0v) is 9.34. The summed E-state index contributed by atoms with van der Waals surface area (Å²) in [4.78, 5) is 2.34. The number of rotatable bonds is 2. The number of aliphatic hydroxyl groups is 1. The first-order valence-corrected chi connectivity index (χ1v) is 7.51. The number of aliphatic hydroxyl groups excluding tert-OH is 1. The van der Waals surface area contributed by atoms with Crippen LogP contribution in [0.2, 0.25) is 0 Å². The summed E-state index contributed by atoms with van der Waals surface area (Å²) < 4.78 is 0.891. The van der Waals surface area contributed by atoms with Gasteiger partial charge in [0.15, 0.2) is 0 Å². The molecular weight excluding hydrogens is 253 g/mol. The van der Waals surface area contributed by atoms with Gasteiger partial charge in [0.2, 0.25) is 0 Å². The average molecular weight is 270 g/mol. The number of hydrogen-bond acceptors (Lipinski definition) is 2. The van der Waals surface area contributed by atoms with Gasteiger partial charge < -0.3 is 0 Å². The van der Waals surface area contributed by atoms with E-state index in [1.807, 2.05) is 7.05 Å². The molecule has 2 nitrogen and oxygen atoms in total. The Kier molecular flexibility index (Phi) is 4.09. The molecular formula is C8H17INO-. The summed E-state index contributed by atoms with van der Waals surface area (Å²) in [5, 5.41) is 12.7. The van der Waals surface area contributed by atoms with E-state index in [-0.39, 0.29) is 6.10 Å². The Morgan fingerprint density at radius 3 is 2.73 bits per heavy atom. The Balaban J connectivity index is 2.41. The molecule has 68 valence electrons. The molecule has 1 unspecified atom stereocenters. The van der Waals surface area contributed by atoms with E-state index in [9.17, 15) is 5.11 Å². The average Bonchev–Trinajstić information content (AvgIpc) is 2.04. The maximum atomic E-state index is 9.40. The molecule has 11 heavy (non-hydrogen) atoms. The van der Waals surface area contributed by atoms with Gasteiger partial charge in [-0.2, -0.15) is 0 Å². The molecule has 0 bridgehead atoms. The van der Waals surface area contributed by atoms with Crippen LogP contribution in [0, 0.1) is 0 Å².